The summed E-state index contributed by atoms with van der Waals surface area (Å²) in [5.74, 6) is -0.378. The molecule has 0 bridgehead atoms. The van der Waals surface area contributed by atoms with Crippen molar-refractivity contribution in [3.63, 3.8) is 0 Å². The van der Waals surface area contributed by atoms with Crippen LogP contribution < -0.4 is 5.32 Å². The average molecular weight is 385 g/mol. The highest BCUT2D eigenvalue weighted by molar-refractivity contribution is 6.30. The first-order chi connectivity index (χ1) is 13.1. The molecule has 4 nitrogen and oxygen atoms in total. The normalized spacial score (nSPS) is 14.7. The molecule has 27 heavy (non-hydrogen) atoms. The summed E-state index contributed by atoms with van der Waals surface area (Å²) in [5.41, 5.74) is 1.34. The standard InChI is InChI=1S/C22H25ClN2O2/c23-18-11-9-17(10-12-18)21(26)19-7-2-3-8-20(19)22(27)24-13-6-16-25-14-4-1-5-15-25/h2-3,7-12H,1,4-6,13-16H2,(H,24,27). The van der Waals surface area contributed by atoms with Crippen molar-refractivity contribution in [2.75, 3.05) is 26.2 Å². The molecule has 1 heterocycles. The molecule has 0 unspecified atom stereocenters. The van der Waals surface area contributed by atoms with E-state index < -0.39 is 0 Å². The summed E-state index contributed by atoms with van der Waals surface area (Å²) < 4.78 is 0. The van der Waals surface area contributed by atoms with Crippen molar-refractivity contribution in [3.8, 4) is 0 Å². The molecule has 0 radical (unpaired) electrons. The van der Waals surface area contributed by atoms with Crippen LogP contribution in [0.2, 0.25) is 5.02 Å². The van der Waals surface area contributed by atoms with Gasteiger partial charge >= 0.3 is 0 Å². The van der Waals surface area contributed by atoms with Gasteiger partial charge in [0.1, 0.15) is 0 Å². The van der Waals surface area contributed by atoms with E-state index in [1.807, 2.05) is 0 Å². The lowest BCUT2D eigenvalue weighted by atomic mass is 9.98. The molecule has 0 spiro atoms. The Morgan fingerprint density at radius 2 is 1.59 bits per heavy atom. The zero-order valence-electron chi connectivity index (χ0n) is 15.4. The number of hydrogen-bond donors (Lipinski definition) is 1. The summed E-state index contributed by atoms with van der Waals surface area (Å²) in [5, 5.41) is 3.53. The minimum absolute atomic E-state index is 0.175. The summed E-state index contributed by atoms with van der Waals surface area (Å²) in [6.45, 7) is 3.93. The van der Waals surface area contributed by atoms with Gasteiger partial charge in [0.25, 0.3) is 5.91 Å². The Morgan fingerprint density at radius 3 is 2.30 bits per heavy atom. The summed E-state index contributed by atoms with van der Waals surface area (Å²) in [7, 11) is 0. The van der Waals surface area contributed by atoms with Gasteiger partial charge in [-0.05, 0) is 69.2 Å². The highest BCUT2D eigenvalue weighted by Gasteiger charge is 2.18. The van der Waals surface area contributed by atoms with Crippen LogP contribution in [-0.4, -0.2) is 42.8 Å². The third-order valence-electron chi connectivity index (χ3n) is 4.91. The molecule has 1 fully saturated rings. The number of carbonyl (C=O) groups excluding carboxylic acids is 2. The Balaban J connectivity index is 1.59. The van der Waals surface area contributed by atoms with E-state index in [4.69, 9.17) is 11.6 Å². The molecule has 0 atom stereocenters. The minimum Gasteiger partial charge on any atom is -0.352 e. The van der Waals surface area contributed by atoms with Crippen LogP contribution in [0.3, 0.4) is 0 Å². The van der Waals surface area contributed by atoms with Crippen molar-refractivity contribution >= 4 is 23.3 Å². The van der Waals surface area contributed by atoms with E-state index in [2.05, 4.69) is 10.2 Å². The minimum atomic E-state index is -0.202. The molecule has 2 aromatic carbocycles. The van der Waals surface area contributed by atoms with E-state index in [1.54, 1.807) is 48.5 Å². The van der Waals surface area contributed by atoms with Crippen LogP contribution in [0.1, 0.15) is 52.0 Å². The zero-order valence-corrected chi connectivity index (χ0v) is 16.2. The van der Waals surface area contributed by atoms with Gasteiger partial charge in [-0.1, -0.05) is 36.2 Å². The van der Waals surface area contributed by atoms with E-state index in [1.165, 1.54) is 19.3 Å². The van der Waals surface area contributed by atoms with Crippen molar-refractivity contribution in [1.29, 1.82) is 0 Å². The SMILES string of the molecule is O=C(NCCCN1CCCCC1)c1ccccc1C(=O)c1ccc(Cl)cc1. The van der Waals surface area contributed by atoms with Gasteiger partial charge in [0.2, 0.25) is 0 Å². The lowest BCUT2D eigenvalue weighted by Gasteiger charge is -2.26. The first-order valence-electron chi connectivity index (χ1n) is 9.55. The molecule has 3 rings (SSSR count). The fourth-order valence-corrected chi connectivity index (χ4v) is 3.54. The Bertz CT molecular complexity index is 783. The maximum Gasteiger partial charge on any atom is 0.252 e. The van der Waals surface area contributed by atoms with Crippen LogP contribution in [-0.2, 0) is 0 Å². The van der Waals surface area contributed by atoms with E-state index in [0.29, 0.717) is 28.3 Å². The zero-order chi connectivity index (χ0) is 19.1. The number of likely N-dealkylation sites (tertiary alicyclic amines) is 1. The number of carbonyl (C=O) groups is 2. The first-order valence-corrected chi connectivity index (χ1v) is 9.93. The highest BCUT2D eigenvalue weighted by Crippen LogP contribution is 2.17. The fourth-order valence-electron chi connectivity index (χ4n) is 3.42. The number of nitrogens with one attached hydrogen (secondary N) is 1. The Kier molecular flexibility index (Phi) is 7.02. The molecule has 1 amide bonds. The van der Waals surface area contributed by atoms with Gasteiger partial charge in [-0.2, -0.15) is 0 Å². The Hall–Kier alpha value is -2.17. The van der Waals surface area contributed by atoms with Gasteiger partial charge < -0.3 is 10.2 Å². The molecule has 2 aromatic rings. The molecule has 0 saturated carbocycles. The maximum absolute atomic E-state index is 12.8. The van der Waals surface area contributed by atoms with Crippen LogP contribution in [0.15, 0.2) is 48.5 Å². The number of benzene rings is 2. The lowest BCUT2D eigenvalue weighted by Crippen LogP contribution is -2.33. The van der Waals surface area contributed by atoms with Gasteiger partial charge in [-0.25, -0.2) is 0 Å². The quantitative estimate of drug-likeness (QED) is 0.575. The molecule has 1 aliphatic heterocycles. The molecule has 1 N–H and O–H groups in total. The van der Waals surface area contributed by atoms with Gasteiger partial charge in [-0.3, -0.25) is 9.59 Å². The van der Waals surface area contributed by atoms with Crippen LogP contribution in [0.5, 0.6) is 0 Å². The number of halogens is 1. The van der Waals surface area contributed by atoms with Crippen molar-refractivity contribution in [1.82, 2.24) is 10.2 Å². The van der Waals surface area contributed by atoms with Gasteiger partial charge in [0.05, 0.1) is 5.56 Å². The van der Waals surface area contributed by atoms with Crippen LogP contribution in [0, 0.1) is 0 Å². The lowest BCUT2D eigenvalue weighted by molar-refractivity contribution is 0.0940. The van der Waals surface area contributed by atoms with Gasteiger partial charge in [0, 0.05) is 22.7 Å². The molecule has 1 saturated heterocycles. The predicted molar refractivity (Wildman–Crippen MR) is 109 cm³/mol. The largest absolute Gasteiger partial charge is 0.352 e. The Labute approximate surface area is 165 Å². The number of hydrogen-bond acceptors (Lipinski definition) is 3. The van der Waals surface area contributed by atoms with Crippen molar-refractivity contribution < 1.29 is 9.59 Å². The monoisotopic (exact) mass is 384 g/mol. The van der Waals surface area contributed by atoms with Crippen molar-refractivity contribution in [2.45, 2.75) is 25.7 Å². The first kappa shape index (κ1) is 19.6. The molecule has 1 aliphatic rings. The second kappa shape index (κ2) is 9.67. The summed E-state index contributed by atoms with van der Waals surface area (Å²) in [6.07, 6.45) is 4.78. The van der Waals surface area contributed by atoms with Crippen LogP contribution in [0.25, 0.3) is 0 Å². The molecular formula is C22H25ClN2O2. The topological polar surface area (TPSA) is 49.4 Å². The van der Waals surface area contributed by atoms with E-state index in [-0.39, 0.29) is 11.7 Å². The maximum atomic E-state index is 12.8. The summed E-state index contributed by atoms with van der Waals surface area (Å²) >= 11 is 5.89. The number of ketones is 1. The van der Waals surface area contributed by atoms with Crippen LogP contribution >= 0.6 is 11.6 Å². The summed E-state index contributed by atoms with van der Waals surface area (Å²) in [6, 6.07) is 13.7. The Morgan fingerprint density at radius 1 is 0.926 bits per heavy atom. The number of amides is 1. The average Bonchev–Trinajstić information content (AvgIpc) is 2.72. The molecular weight excluding hydrogens is 360 g/mol. The number of rotatable bonds is 7. The third-order valence-corrected chi connectivity index (χ3v) is 5.16. The molecule has 0 aliphatic carbocycles. The highest BCUT2D eigenvalue weighted by atomic mass is 35.5. The van der Waals surface area contributed by atoms with Crippen LogP contribution in [0.4, 0.5) is 0 Å². The van der Waals surface area contributed by atoms with E-state index in [9.17, 15) is 9.59 Å². The van der Waals surface area contributed by atoms with E-state index in [0.717, 1.165) is 26.1 Å². The molecule has 0 aromatic heterocycles. The fraction of sp³-hybridized carbons (Fsp3) is 0.364. The smallest absolute Gasteiger partial charge is 0.252 e. The number of piperidine rings is 1. The second-order valence-corrected chi connectivity index (χ2v) is 7.33. The van der Waals surface area contributed by atoms with Gasteiger partial charge in [0.15, 0.2) is 5.78 Å². The molecule has 5 heteroatoms. The summed E-state index contributed by atoms with van der Waals surface area (Å²) in [4.78, 5) is 27.9. The predicted octanol–water partition coefficient (Wildman–Crippen LogP) is 4.18. The second-order valence-electron chi connectivity index (χ2n) is 6.89. The van der Waals surface area contributed by atoms with Crippen molar-refractivity contribution in [2.24, 2.45) is 0 Å². The van der Waals surface area contributed by atoms with Gasteiger partial charge in [-0.15, -0.1) is 0 Å². The molecule has 142 valence electrons. The van der Waals surface area contributed by atoms with E-state index >= 15 is 0 Å². The van der Waals surface area contributed by atoms with Crippen molar-refractivity contribution in [3.05, 3.63) is 70.2 Å². The number of nitrogens with zero attached hydrogens (tertiary/aromatic N) is 1. The third kappa shape index (κ3) is 5.41.